The summed E-state index contributed by atoms with van der Waals surface area (Å²) >= 11 is 0. The maximum Gasteiger partial charge on any atom is 0.423 e. The molecule has 0 aromatic heterocycles. The molecule has 0 unspecified atom stereocenters. The molecule has 1 rings (SSSR count). The standard InChI is InChI=1S/C8H5ClF3NO5S/c1-18-6-2-4(8(10,11)12)5(13(14)15)3-7(6)19(9,16)17/h2-3H,1H3. The van der Waals surface area contributed by atoms with Gasteiger partial charge in [0.2, 0.25) is 0 Å². The molecule has 0 heterocycles. The number of methoxy groups -OCH3 is 1. The first-order valence-electron chi connectivity index (χ1n) is 4.36. The third-order valence-electron chi connectivity index (χ3n) is 2.05. The van der Waals surface area contributed by atoms with E-state index in [0.717, 1.165) is 7.11 Å². The molecule has 0 radical (unpaired) electrons. The summed E-state index contributed by atoms with van der Waals surface area (Å²) in [6.45, 7) is 0. The van der Waals surface area contributed by atoms with Crippen molar-refractivity contribution in [1.82, 2.24) is 0 Å². The second kappa shape index (κ2) is 4.85. The SMILES string of the molecule is COc1cc(C(F)(F)F)c([N+](=O)[O-])cc1S(=O)(=O)Cl. The van der Waals surface area contributed by atoms with E-state index in [9.17, 15) is 31.7 Å². The highest BCUT2D eigenvalue weighted by Gasteiger charge is 2.40. The zero-order chi connectivity index (χ0) is 15.0. The smallest absolute Gasteiger partial charge is 0.423 e. The maximum absolute atomic E-state index is 12.6. The van der Waals surface area contributed by atoms with Crippen molar-refractivity contribution in [3.63, 3.8) is 0 Å². The first kappa shape index (κ1) is 15.5. The zero-order valence-corrected chi connectivity index (χ0v) is 10.6. The van der Waals surface area contributed by atoms with Gasteiger partial charge in [-0.1, -0.05) is 0 Å². The van der Waals surface area contributed by atoms with E-state index >= 15 is 0 Å². The Morgan fingerprint density at radius 2 is 1.89 bits per heavy atom. The molecule has 0 spiro atoms. The van der Waals surface area contributed by atoms with Crippen LogP contribution in [0.5, 0.6) is 5.75 Å². The predicted octanol–water partition coefficient (Wildman–Crippen LogP) is 2.55. The average molecular weight is 320 g/mol. The number of alkyl halides is 3. The van der Waals surface area contributed by atoms with Gasteiger partial charge in [0, 0.05) is 22.8 Å². The van der Waals surface area contributed by atoms with Gasteiger partial charge in [0.15, 0.2) is 0 Å². The monoisotopic (exact) mass is 319 g/mol. The maximum atomic E-state index is 12.6. The van der Waals surface area contributed by atoms with Crippen LogP contribution in [0.25, 0.3) is 0 Å². The Bertz CT molecular complexity index is 628. The van der Waals surface area contributed by atoms with Crippen molar-refractivity contribution in [3.8, 4) is 5.75 Å². The second-order valence-electron chi connectivity index (χ2n) is 3.21. The van der Waals surface area contributed by atoms with E-state index in [2.05, 4.69) is 4.74 Å². The lowest BCUT2D eigenvalue weighted by Gasteiger charge is -2.11. The molecule has 0 saturated heterocycles. The van der Waals surface area contributed by atoms with Crippen molar-refractivity contribution < 1.29 is 31.2 Å². The van der Waals surface area contributed by atoms with Crippen LogP contribution in [0, 0.1) is 10.1 Å². The van der Waals surface area contributed by atoms with Crippen molar-refractivity contribution in [1.29, 1.82) is 0 Å². The zero-order valence-electron chi connectivity index (χ0n) is 9.06. The molecule has 0 aliphatic rings. The fourth-order valence-corrected chi connectivity index (χ4v) is 2.27. The van der Waals surface area contributed by atoms with Crippen molar-refractivity contribution in [2.24, 2.45) is 0 Å². The van der Waals surface area contributed by atoms with E-state index < -0.39 is 42.0 Å². The molecule has 19 heavy (non-hydrogen) atoms. The van der Waals surface area contributed by atoms with Crippen molar-refractivity contribution in [2.75, 3.05) is 7.11 Å². The van der Waals surface area contributed by atoms with E-state index in [0.29, 0.717) is 0 Å². The van der Waals surface area contributed by atoms with E-state index in [1.54, 1.807) is 0 Å². The van der Waals surface area contributed by atoms with Gasteiger partial charge in [0.05, 0.1) is 12.0 Å². The third kappa shape index (κ3) is 3.26. The summed E-state index contributed by atoms with van der Waals surface area (Å²) < 4.78 is 64.5. The van der Waals surface area contributed by atoms with E-state index in [-0.39, 0.29) is 12.1 Å². The van der Waals surface area contributed by atoms with Crippen LogP contribution in [0.3, 0.4) is 0 Å². The van der Waals surface area contributed by atoms with Crippen LogP contribution in [0.4, 0.5) is 18.9 Å². The summed E-state index contributed by atoms with van der Waals surface area (Å²) in [5.41, 5.74) is -3.05. The Balaban J connectivity index is 3.76. The molecule has 0 bridgehead atoms. The molecule has 11 heteroatoms. The number of nitrogens with zero attached hydrogens (tertiary/aromatic N) is 1. The number of halogens is 4. The van der Waals surface area contributed by atoms with Gasteiger partial charge >= 0.3 is 6.18 Å². The number of nitro groups is 1. The molecule has 1 aromatic rings. The largest absolute Gasteiger partial charge is 0.495 e. The van der Waals surface area contributed by atoms with E-state index in [1.165, 1.54) is 0 Å². The van der Waals surface area contributed by atoms with Crippen LogP contribution in [0.1, 0.15) is 5.56 Å². The molecule has 0 aliphatic heterocycles. The summed E-state index contributed by atoms with van der Waals surface area (Å²) in [4.78, 5) is 8.31. The van der Waals surface area contributed by atoms with Crippen molar-refractivity contribution in [3.05, 3.63) is 27.8 Å². The minimum Gasteiger partial charge on any atom is -0.495 e. The lowest BCUT2D eigenvalue weighted by molar-refractivity contribution is -0.388. The molecule has 106 valence electrons. The lowest BCUT2D eigenvalue weighted by Crippen LogP contribution is -2.11. The van der Waals surface area contributed by atoms with E-state index in [1.807, 2.05) is 0 Å². The molecule has 0 N–H and O–H groups in total. The summed E-state index contributed by atoms with van der Waals surface area (Å²) in [7, 11) is 1.40. The van der Waals surface area contributed by atoms with Gasteiger partial charge in [-0.2, -0.15) is 13.2 Å². The molecule has 0 aliphatic carbocycles. The minimum absolute atomic E-state index is 0.212. The topological polar surface area (TPSA) is 86.5 Å². The molecule has 0 amide bonds. The molecule has 0 atom stereocenters. The van der Waals surface area contributed by atoms with Gasteiger partial charge in [-0.05, 0) is 0 Å². The minimum atomic E-state index is -5.04. The Hall–Kier alpha value is -1.55. The van der Waals surface area contributed by atoms with Gasteiger partial charge in [-0.25, -0.2) is 8.42 Å². The molecular formula is C8H5ClF3NO5S. The quantitative estimate of drug-likeness (QED) is 0.485. The van der Waals surface area contributed by atoms with Crippen LogP contribution in [-0.2, 0) is 15.2 Å². The highest BCUT2D eigenvalue weighted by Crippen LogP contribution is 2.41. The van der Waals surface area contributed by atoms with Gasteiger partial charge in [0.25, 0.3) is 14.7 Å². The summed E-state index contributed by atoms with van der Waals surface area (Å²) in [5, 5.41) is 10.6. The summed E-state index contributed by atoms with van der Waals surface area (Å²) in [6, 6.07) is 0.428. The van der Waals surface area contributed by atoms with Gasteiger partial charge in [-0.3, -0.25) is 10.1 Å². The highest BCUT2D eigenvalue weighted by molar-refractivity contribution is 8.13. The first-order chi connectivity index (χ1) is 8.48. The average Bonchev–Trinajstić information content (AvgIpc) is 2.24. The van der Waals surface area contributed by atoms with Crippen LogP contribution < -0.4 is 4.74 Å². The number of hydrogen-bond acceptors (Lipinski definition) is 5. The Kier molecular flexibility index (Phi) is 3.96. The predicted molar refractivity (Wildman–Crippen MR) is 57.7 cm³/mol. The molecule has 0 fully saturated rings. The first-order valence-corrected chi connectivity index (χ1v) is 6.67. The van der Waals surface area contributed by atoms with Gasteiger partial charge in [-0.15, -0.1) is 0 Å². The molecule has 1 aromatic carbocycles. The number of benzene rings is 1. The number of hydrogen-bond donors (Lipinski definition) is 0. The fourth-order valence-electron chi connectivity index (χ4n) is 1.28. The highest BCUT2D eigenvalue weighted by atomic mass is 35.7. The van der Waals surface area contributed by atoms with Crippen molar-refractivity contribution >= 4 is 25.4 Å². The van der Waals surface area contributed by atoms with E-state index in [4.69, 9.17) is 10.7 Å². The van der Waals surface area contributed by atoms with Crippen LogP contribution in [0.2, 0.25) is 0 Å². The van der Waals surface area contributed by atoms with Crippen LogP contribution in [0.15, 0.2) is 17.0 Å². The fraction of sp³-hybridized carbons (Fsp3) is 0.250. The molecule has 6 nitrogen and oxygen atoms in total. The van der Waals surface area contributed by atoms with Gasteiger partial charge < -0.3 is 4.74 Å². The van der Waals surface area contributed by atoms with Crippen LogP contribution in [-0.4, -0.2) is 20.5 Å². The molecular weight excluding hydrogens is 315 g/mol. The lowest BCUT2D eigenvalue weighted by atomic mass is 10.1. The third-order valence-corrected chi connectivity index (χ3v) is 3.39. The number of ether oxygens (including phenoxy) is 1. The normalized spacial score (nSPS) is 12.3. The number of rotatable bonds is 3. The summed E-state index contributed by atoms with van der Waals surface area (Å²) in [6.07, 6.45) is -5.04. The Morgan fingerprint density at radius 1 is 1.37 bits per heavy atom. The Morgan fingerprint density at radius 3 is 2.21 bits per heavy atom. The molecule has 0 saturated carbocycles. The van der Waals surface area contributed by atoms with Crippen molar-refractivity contribution in [2.45, 2.75) is 11.1 Å². The van der Waals surface area contributed by atoms with Gasteiger partial charge in [0.1, 0.15) is 16.2 Å². The second-order valence-corrected chi connectivity index (χ2v) is 5.75. The Labute approximate surface area is 109 Å². The summed E-state index contributed by atoms with van der Waals surface area (Å²) in [5.74, 6) is -0.729. The number of nitro benzene ring substituents is 1. The van der Waals surface area contributed by atoms with Crippen LogP contribution >= 0.6 is 10.7 Å².